The molecule has 0 aliphatic heterocycles. The zero-order chi connectivity index (χ0) is 33.8. The summed E-state index contributed by atoms with van der Waals surface area (Å²) in [6.45, 7) is 4.85. The third-order valence-electron chi connectivity index (χ3n) is 9.41. The van der Waals surface area contributed by atoms with E-state index in [-0.39, 0.29) is 18.5 Å². The van der Waals surface area contributed by atoms with Crippen LogP contribution in [0.1, 0.15) is 219 Å². The van der Waals surface area contributed by atoms with Crippen LogP contribution in [0.25, 0.3) is 0 Å². The van der Waals surface area contributed by atoms with E-state index in [1.165, 1.54) is 128 Å². The minimum atomic E-state index is -0.676. The molecule has 0 aromatic heterocycles. The Kier molecular flexibility index (Phi) is 35.8. The lowest BCUT2D eigenvalue weighted by Gasteiger charge is -2.22. The molecule has 6 heteroatoms. The highest BCUT2D eigenvalue weighted by molar-refractivity contribution is 5.76. The molecule has 0 aliphatic rings. The zero-order valence-electron chi connectivity index (χ0n) is 30.8. The van der Waals surface area contributed by atoms with Gasteiger partial charge in [-0.05, 0) is 25.7 Å². The van der Waals surface area contributed by atoms with Gasteiger partial charge in [0, 0.05) is 12.8 Å². The standard InChI is InChI=1S/C40H79NO5/c1-3-5-7-9-11-13-14-18-22-26-30-34-40(45)46-35-31-27-23-19-15-17-21-25-29-33-39(44)41-37(36-42)38(43)32-28-24-20-16-12-10-8-6-4-2/h37-38,42-43H,3-36H2,1-2H3,(H,41,44). The molecule has 0 heterocycles. The number of ether oxygens (including phenoxy) is 1. The molecule has 0 saturated carbocycles. The Morgan fingerprint density at radius 2 is 0.891 bits per heavy atom. The second-order valence-corrected chi connectivity index (χ2v) is 14.0. The minimum absolute atomic E-state index is 0.0262. The van der Waals surface area contributed by atoms with E-state index in [1.54, 1.807) is 0 Å². The molecule has 0 radical (unpaired) electrons. The fourth-order valence-corrected chi connectivity index (χ4v) is 6.22. The van der Waals surface area contributed by atoms with Crippen LogP contribution < -0.4 is 5.32 Å². The van der Waals surface area contributed by atoms with Gasteiger partial charge in [-0.15, -0.1) is 0 Å². The smallest absolute Gasteiger partial charge is 0.305 e. The summed E-state index contributed by atoms with van der Waals surface area (Å²) in [5, 5.41) is 22.9. The number of unbranched alkanes of at least 4 members (excludes halogenated alkanes) is 26. The van der Waals surface area contributed by atoms with Crippen LogP contribution in [0.4, 0.5) is 0 Å². The fourth-order valence-electron chi connectivity index (χ4n) is 6.22. The van der Waals surface area contributed by atoms with Crippen molar-refractivity contribution < 1.29 is 24.5 Å². The van der Waals surface area contributed by atoms with E-state index in [1.807, 2.05) is 0 Å². The first-order chi connectivity index (χ1) is 22.5. The van der Waals surface area contributed by atoms with E-state index in [4.69, 9.17) is 4.74 Å². The van der Waals surface area contributed by atoms with Gasteiger partial charge in [0.05, 0.1) is 25.4 Å². The molecule has 0 spiro atoms. The van der Waals surface area contributed by atoms with Gasteiger partial charge >= 0.3 is 5.97 Å². The Balaban J connectivity index is 3.49. The van der Waals surface area contributed by atoms with Crippen LogP contribution in [0.3, 0.4) is 0 Å². The first-order valence-electron chi connectivity index (χ1n) is 20.3. The van der Waals surface area contributed by atoms with Gasteiger partial charge in [-0.25, -0.2) is 0 Å². The van der Waals surface area contributed by atoms with Gasteiger partial charge in [0.15, 0.2) is 0 Å². The van der Waals surface area contributed by atoms with Crippen LogP contribution in [-0.4, -0.2) is 47.4 Å². The van der Waals surface area contributed by atoms with Crippen molar-refractivity contribution in [3.05, 3.63) is 0 Å². The quantitative estimate of drug-likeness (QED) is 0.0458. The number of nitrogens with one attached hydrogen (secondary N) is 1. The van der Waals surface area contributed by atoms with Crippen LogP contribution in [-0.2, 0) is 14.3 Å². The number of hydrogen-bond donors (Lipinski definition) is 3. The van der Waals surface area contributed by atoms with Gasteiger partial charge in [-0.2, -0.15) is 0 Å². The van der Waals surface area contributed by atoms with Crippen LogP contribution in [0.2, 0.25) is 0 Å². The highest BCUT2D eigenvalue weighted by Gasteiger charge is 2.20. The lowest BCUT2D eigenvalue weighted by Crippen LogP contribution is -2.45. The van der Waals surface area contributed by atoms with Crippen molar-refractivity contribution in [3.8, 4) is 0 Å². The second kappa shape index (κ2) is 36.7. The summed E-state index contributed by atoms with van der Waals surface area (Å²) < 4.78 is 5.41. The molecule has 2 atom stereocenters. The summed E-state index contributed by atoms with van der Waals surface area (Å²) in [5.41, 5.74) is 0. The monoisotopic (exact) mass is 654 g/mol. The minimum Gasteiger partial charge on any atom is -0.466 e. The summed E-state index contributed by atoms with van der Waals surface area (Å²) in [6, 6.07) is -0.556. The predicted molar refractivity (Wildman–Crippen MR) is 195 cm³/mol. The Hall–Kier alpha value is -1.14. The van der Waals surface area contributed by atoms with Crippen LogP contribution in [0.5, 0.6) is 0 Å². The molecule has 0 bridgehead atoms. The zero-order valence-corrected chi connectivity index (χ0v) is 30.8. The lowest BCUT2D eigenvalue weighted by molar-refractivity contribution is -0.143. The normalized spacial score (nSPS) is 12.7. The molecule has 274 valence electrons. The predicted octanol–water partition coefficient (Wildman–Crippen LogP) is 10.9. The topological polar surface area (TPSA) is 95.9 Å². The van der Waals surface area contributed by atoms with Crippen LogP contribution in [0.15, 0.2) is 0 Å². The van der Waals surface area contributed by atoms with E-state index in [9.17, 15) is 19.8 Å². The van der Waals surface area contributed by atoms with Crippen LogP contribution >= 0.6 is 0 Å². The summed E-state index contributed by atoms with van der Waals surface area (Å²) >= 11 is 0. The van der Waals surface area contributed by atoms with Gasteiger partial charge in [-0.3, -0.25) is 9.59 Å². The number of rotatable bonds is 37. The molecule has 0 aromatic rings. The Morgan fingerprint density at radius 3 is 1.33 bits per heavy atom. The molecular weight excluding hydrogens is 574 g/mol. The van der Waals surface area contributed by atoms with Gasteiger partial charge in [0.2, 0.25) is 5.91 Å². The van der Waals surface area contributed by atoms with E-state index >= 15 is 0 Å². The number of amides is 1. The average Bonchev–Trinajstić information content (AvgIpc) is 3.05. The van der Waals surface area contributed by atoms with E-state index in [0.717, 1.165) is 57.8 Å². The van der Waals surface area contributed by atoms with Crippen molar-refractivity contribution in [1.29, 1.82) is 0 Å². The Bertz CT molecular complexity index is 643. The maximum atomic E-state index is 12.3. The Morgan fingerprint density at radius 1 is 0.522 bits per heavy atom. The highest BCUT2D eigenvalue weighted by atomic mass is 16.5. The number of carbonyl (C=O) groups excluding carboxylic acids is 2. The van der Waals surface area contributed by atoms with Crippen molar-refractivity contribution in [1.82, 2.24) is 5.32 Å². The van der Waals surface area contributed by atoms with Gasteiger partial charge < -0.3 is 20.3 Å². The maximum Gasteiger partial charge on any atom is 0.305 e. The van der Waals surface area contributed by atoms with Crippen LogP contribution in [0, 0.1) is 0 Å². The average molecular weight is 654 g/mol. The fraction of sp³-hybridized carbons (Fsp3) is 0.950. The van der Waals surface area contributed by atoms with E-state index in [2.05, 4.69) is 19.2 Å². The molecular formula is C40H79NO5. The van der Waals surface area contributed by atoms with Crippen molar-refractivity contribution in [2.45, 2.75) is 231 Å². The SMILES string of the molecule is CCCCCCCCCCCCCC(=O)OCCCCCCCCCCCC(=O)NC(CO)C(O)CCCCCCCCCCC. The molecule has 6 nitrogen and oxygen atoms in total. The molecule has 2 unspecified atom stereocenters. The molecule has 1 amide bonds. The summed E-state index contributed by atoms with van der Waals surface area (Å²) in [5.74, 6) is -0.0913. The molecule has 0 saturated heterocycles. The van der Waals surface area contributed by atoms with Crippen molar-refractivity contribution in [2.24, 2.45) is 0 Å². The van der Waals surface area contributed by atoms with Crippen molar-refractivity contribution in [2.75, 3.05) is 13.2 Å². The molecule has 46 heavy (non-hydrogen) atoms. The first kappa shape index (κ1) is 44.9. The third kappa shape index (κ3) is 32.8. The molecule has 0 rings (SSSR count). The largest absolute Gasteiger partial charge is 0.466 e. The summed E-state index contributed by atoms with van der Waals surface area (Å²) in [4.78, 5) is 24.2. The number of esters is 1. The number of carbonyl (C=O) groups is 2. The van der Waals surface area contributed by atoms with Crippen molar-refractivity contribution >= 4 is 11.9 Å². The third-order valence-corrected chi connectivity index (χ3v) is 9.41. The van der Waals surface area contributed by atoms with Gasteiger partial charge in [-0.1, -0.05) is 181 Å². The lowest BCUT2D eigenvalue weighted by atomic mass is 10.0. The summed E-state index contributed by atoms with van der Waals surface area (Å²) in [6.07, 6.45) is 36.2. The highest BCUT2D eigenvalue weighted by Crippen LogP contribution is 2.15. The number of aliphatic hydroxyl groups is 2. The number of aliphatic hydroxyl groups excluding tert-OH is 2. The maximum absolute atomic E-state index is 12.3. The Labute approximate surface area is 286 Å². The first-order valence-corrected chi connectivity index (χ1v) is 20.3. The van der Waals surface area contributed by atoms with Crippen molar-refractivity contribution in [3.63, 3.8) is 0 Å². The van der Waals surface area contributed by atoms with E-state index in [0.29, 0.717) is 25.9 Å². The summed E-state index contributed by atoms with van der Waals surface area (Å²) in [7, 11) is 0. The number of hydrogen-bond acceptors (Lipinski definition) is 5. The molecule has 0 aromatic carbocycles. The molecule has 3 N–H and O–H groups in total. The second-order valence-electron chi connectivity index (χ2n) is 14.0. The van der Waals surface area contributed by atoms with Gasteiger partial charge in [0.1, 0.15) is 0 Å². The molecule has 0 aliphatic carbocycles. The van der Waals surface area contributed by atoms with E-state index < -0.39 is 12.1 Å². The van der Waals surface area contributed by atoms with Gasteiger partial charge in [0.25, 0.3) is 0 Å². The molecule has 0 fully saturated rings.